The molecule has 0 atom stereocenters. The normalized spacial score (nSPS) is 11.8. The Hall–Kier alpha value is -0.750. The Morgan fingerprint density at radius 1 is 1.50 bits per heavy atom. The van der Waals surface area contributed by atoms with Crippen molar-refractivity contribution in [2.75, 3.05) is 12.8 Å². The Bertz CT molecular complexity index is 195. The summed E-state index contributed by atoms with van der Waals surface area (Å²) in [5, 5.41) is 0. The molecule has 66 valence electrons. The zero-order valence-electron chi connectivity index (χ0n) is 7.53. The summed E-state index contributed by atoms with van der Waals surface area (Å²) < 4.78 is 0. The van der Waals surface area contributed by atoms with E-state index in [0.717, 1.165) is 33.0 Å². The van der Waals surface area contributed by atoms with Crippen molar-refractivity contribution in [1.82, 2.24) is 0 Å². The van der Waals surface area contributed by atoms with Gasteiger partial charge in [0.2, 0.25) is 0 Å². The second kappa shape index (κ2) is 8.35. The Morgan fingerprint density at radius 3 is 2.83 bits per heavy atom. The maximum atomic E-state index is 4.12. The van der Waals surface area contributed by atoms with Crippen LogP contribution in [0.3, 0.4) is 0 Å². The number of nitrogens with zero attached hydrogens (tertiary/aromatic N) is 2. The van der Waals surface area contributed by atoms with E-state index in [2.05, 4.69) is 22.9 Å². The molecule has 0 aliphatic carbocycles. The largest absolute Gasteiger partial charge is 0.293 e. The topological polar surface area (TPSA) is 24.7 Å². The minimum Gasteiger partial charge on any atom is -0.293 e. The third kappa shape index (κ3) is 7.36. The van der Waals surface area contributed by atoms with E-state index in [0.29, 0.717) is 0 Å². The number of aliphatic imine (C=N–C) groups is 2. The highest BCUT2D eigenvalue weighted by molar-refractivity contribution is 7.36. The van der Waals surface area contributed by atoms with Gasteiger partial charge in [-0.15, -0.1) is 0 Å². The predicted molar refractivity (Wildman–Crippen MR) is 60.2 cm³/mol. The van der Waals surface area contributed by atoms with E-state index in [9.17, 15) is 0 Å². The lowest BCUT2D eigenvalue weighted by molar-refractivity contribution is 1.14. The van der Waals surface area contributed by atoms with Gasteiger partial charge in [-0.25, -0.2) is 0 Å². The van der Waals surface area contributed by atoms with E-state index in [1.54, 1.807) is 6.21 Å². The third-order valence-corrected chi connectivity index (χ3v) is 1.48. The number of allylic oxidation sites excluding steroid dienone is 1. The standard InChI is InChI=1S/C9H15N2P/c1-4-10-7-9(2)5-6-11-8-12-3/h6-7H,2-5,8H2,1H3/b10-7-,11-6+. The molecular weight excluding hydrogens is 167 g/mol. The molecule has 12 heavy (non-hydrogen) atoms. The molecule has 0 unspecified atom stereocenters. The first-order chi connectivity index (χ1) is 5.81. The fraction of sp³-hybridized carbons (Fsp3) is 0.444. The monoisotopic (exact) mass is 182 g/mol. The molecule has 0 amide bonds. The van der Waals surface area contributed by atoms with E-state index in [4.69, 9.17) is 0 Å². The van der Waals surface area contributed by atoms with Crippen LogP contribution in [0.5, 0.6) is 0 Å². The fourth-order valence-electron chi connectivity index (χ4n) is 0.570. The van der Waals surface area contributed by atoms with E-state index in [1.807, 2.05) is 13.1 Å². The van der Waals surface area contributed by atoms with Crippen molar-refractivity contribution in [3.8, 4) is 0 Å². The summed E-state index contributed by atoms with van der Waals surface area (Å²) in [6.45, 7) is 6.64. The van der Waals surface area contributed by atoms with E-state index < -0.39 is 0 Å². The van der Waals surface area contributed by atoms with Gasteiger partial charge in [-0.1, -0.05) is 21.1 Å². The summed E-state index contributed by atoms with van der Waals surface area (Å²) in [6.07, 6.45) is 8.89. The lowest BCUT2D eigenvalue weighted by Gasteiger charge is -1.90. The average molecular weight is 182 g/mol. The first kappa shape index (κ1) is 11.2. The van der Waals surface area contributed by atoms with Crippen molar-refractivity contribution in [2.24, 2.45) is 9.98 Å². The highest BCUT2D eigenvalue weighted by atomic mass is 31.1. The van der Waals surface area contributed by atoms with E-state index >= 15 is 0 Å². The van der Waals surface area contributed by atoms with Crippen LogP contribution >= 0.6 is 8.20 Å². The smallest absolute Gasteiger partial charge is 0.0795 e. The predicted octanol–water partition coefficient (Wildman–Crippen LogP) is 2.43. The molecule has 0 saturated carbocycles. The van der Waals surface area contributed by atoms with Gasteiger partial charge in [0.15, 0.2) is 0 Å². The van der Waals surface area contributed by atoms with Gasteiger partial charge in [0.25, 0.3) is 0 Å². The van der Waals surface area contributed by atoms with Crippen molar-refractivity contribution < 1.29 is 0 Å². The summed E-state index contributed by atoms with van der Waals surface area (Å²) in [4.78, 5) is 8.19. The maximum absolute atomic E-state index is 4.12. The maximum Gasteiger partial charge on any atom is 0.0795 e. The van der Waals surface area contributed by atoms with Gasteiger partial charge in [-0.3, -0.25) is 9.98 Å². The Labute approximate surface area is 75.9 Å². The average Bonchev–Trinajstić information content (AvgIpc) is 2.09. The number of hydrogen-bond donors (Lipinski definition) is 0. The Kier molecular flexibility index (Phi) is 7.83. The van der Waals surface area contributed by atoms with Gasteiger partial charge in [0.1, 0.15) is 0 Å². The molecule has 0 spiro atoms. The first-order valence-electron chi connectivity index (χ1n) is 3.89. The Balaban J connectivity index is 3.56. The van der Waals surface area contributed by atoms with Crippen LogP contribution in [0, 0.1) is 0 Å². The molecule has 0 aliphatic rings. The van der Waals surface area contributed by atoms with Crippen LogP contribution in [0.2, 0.25) is 0 Å². The highest BCUT2D eigenvalue weighted by Gasteiger charge is 1.83. The van der Waals surface area contributed by atoms with Crippen LogP contribution in [0.1, 0.15) is 13.3 Å². The van der Waals surface area contributed by atoms with Crippen molar-refractivity contribution >= 4 is 26.9 Å². The molecular formula is C9H15N2P. The minimum atomic E-state index is 0.776. The van der Waals surface area contributed by atoms with E-state index in [-0.39, 0.29) is 0 Å². The lowest BCUT2D eigenvalue weighted by atomic mass is 10.2. The quantitative estimate of drug-likeness (QED) is 0.445. The highest BCUT2D eigenvalue weighted by Crippen LogP contribution is 1.93. The lowest BCUT2D eigenvalue weighted by Crippen LogP contribution is -1.85. The number of hydrogen-bond acceptors (Lipinski definition) is 2. The molecule has 0 saturated heterocycles. The van der Waals surface area contributed by atoms with Crippen molar-refractivity contribution in [2.45, 2.75) is 13.3 Å². The SMILES string of the molecule is C=PC/N=C/CC(=C)/C=N\CC. The van der Waals surface area contributed by atoms with Gasteiger partial charge < -0.3 is 0 Å². The molecule has 2 nitrogen and oxygen atoms in total. The summed E-state index contributed by atoms with van der Waals surface area (Å²) >= 11 is 0. The molecule has 3 heteroatoms. The molecule has 0 bridgehead atoms. The second-order valence-electron chi connectivity index (χ2n) is 2.22. The molecule has 0 aliphatic heterocycles. The van der Waals surface area contributed by atoms with Crippen LogP contribution in [0.15, 0.2) is 22.1 Å². The van der Waals surface area contributed by atoms with Crippen molar-refractivity contribution in [3.63, 3.8) is 0 Å². The molecule has 0 aromatic rings. The van der Waals surface area contributed by atoms with Crippen LogP contribution < -0.4 is 0 Å². The van der Waals surface area contributed by atoms with Crippen LogP contribution in [-0.2, 0) is 0 Å². The third-order valence-electron chi connectivity index (χ3n) is 1.12. The van der Waals surface area contributed by atoms with Gasteiger partial charge in [0.05, 0.1) is 6.29 Å². The van der Waals surface area contributed by atoms with Crippen LogP contribution in [0.4, 0.5) is 0 Å². The van der Waals surface area contributed by atoms with Gasteiger partial charge in [-0.2, -0.15) is 0 Å². The summed E-state index contributed by atoms with van der Waals surface area (Å²) in [5.74, 6) is 0. The summed E-state index contributed by atoms with van der Waals surface area (Å²) in [6, 6.07) is 0. The fourth-order valence-corrected chi connectivity index (χ4v) is 0.801. The van der Waals surface area contributed by atoms with Gasteiger partial charge in [-0.05, 0) is 12.5 Å². The molecule has 0 aromatic heterocycles. The Morgan fingerprint density at radius 2 is 2.25 bits per heavy atom. The van der Waals surface area contributed by atoms with Gasteiger partial charge >= 0.3 is 0 Å². The van der Waals surface area contributed by atoms with Gasteiger partial charge in [0, 0.05) is 25.4 Å². The molecule has 0 aromatic carbocycles. The molecule has 0 rings (SSSR count). The summed E-state index contributed by atoms with van der Waals surface area (Å²) in [7, 11) is 1.06. The minimum absolute atomic E-state index is 0.776. The zero-order chi connectivity index (χ0) is 9.23. The van der Waals surface area contributed by atoms with E-state index in [1.165, 1.54) is 0 Å². The van der Waals surface area contributed by atoms with Crippen molar-refractivity contribution in [1.29, 1.82) is 0 Å². The molecule has 0 heterocycles. The first-order valence-corrected chi connectivity index (χ1v) is 5.16. The summed E-state index contributed by atoms with van der Waals surface area (Å²) in [5.41, 5.74) is 1.00. The molecule has 0 fully saturated rings. The molecule has 0 radical (unpaired) electrons. The van der Waals surface area contributed by atoms with Crippen LogP contribution in [0.25, 0.3) is 0 Å². The second-order valence-corrected chi connectivity index (χ2v) is 2.95. The zero-order valence-corrected chi connectivity index (χ0v) is 8.43. The van der Waals surface area contributed by atoms with Crippen molar-refractivity contribution in [3.05, 3.63) is 12.2 Å². The molecule has 0 N–H and O–H groups in total. The number of rotatable bonds is 6. The van der Waals surface area contributed by atoms with Crippen LogP contribution in [-0.4, -0.2) is 31.6 Å².